The monoisotopic (exact) mass is 549 g/mol. The summed E-state index contributed by atoms with van der Waals surface area (Å²) in [6.45, 7) is 10.5. The lowest BCUT2D eigenvalue weighted by Gasteiger charge is -2.32. The van der Waals surface area contributed by atoms with E-state index in [1.807, 2.05) is 37.3 Å². The number of ether oxygens (including phenoxy) is 1. The van der Waals surface area contributed by atoms with E-state index in [0.29, 0.717) is 44.7 Å². The third-order valence-electron chi connectivity index (χ3n) is 7.36. The molecule has 0 aromatic heterocycles. The molecule has 2 aliphatic rings. The number of benzene rings is 2. The Morgan fingerprint density at radius 3 is 2.24 bits per heavy atom. The minimum absolute atomic E-state index is 0.0368. The van der Waals surface area contributed by atoms with Crippen LogP contribution in [0.1, 0.15) is 45.6 Å². The Hall–Kier alpha value is -2.71. The summed E-state index contributed by atoms with van der Waals surface area (Å²) in [5.74, 6) is -2.07. The van der Waals surface area contributed by atoms with E-state index in [-0.39, 0.29) is 23.4 Å². The minimum atomic E-state index is -0.626. The molecular weight excluding hydrogens is 512 g/mol. The van der Waals surface area contributed by atoms with Gasteiger partial charge < -0.3 is 14.5 Å². The van der Waals surface area contributed by atoms with Crippen LogP contribution in [0.15, 0.2) is 48.5 Å². The summed E-state index contributed by atoms with van der Waals surface area (Å²) in [5, 5.41) is 0.794. The highest BCUT2D eigenvalue weighted by Gasteiger charge is 2.44. The van der Waals surface area contributed by atoms with Crippen molar-refractivity contribution in [2.24, 2.45) is 5.92 Å². The highest BCUT2D eigenvalue weighted by atomic mass is 35.5. The van der Waals surface area contributed by atoms with Gasteiger partial charge in [0.25, 0.3) is 0 Å². The lowest BCUT2D eigenvalue weighted by molar-refractivity contribution is -0.135. The quantitative estimate of drug-likeness (QED) is 0.474. The first-order valence-corrected chi connectivity index (χ1v) is 13.3. The lowest BCUT2D eigenvalue weighted by atomic mass is 9.87. The predicted octanol–water partition coefficient (Wildman–Crippen LogP) is 5.81. The number of hydrogen-bond acceptors (Lipinski definition) is 4. The molecule has 6 nitrogen and oxygen atoms in total. The second-order valence-electron chi connectivity index (χ2n) is 10.9. The van der Waals surface area contributed by atoms with Gasteiger partial charge in [0.2, 0.25) is 5.91 Å². The number of likely N-dealkylation sites (tertiary alicyclic amines) is 1. The van der Waals surface area contributed by atoms with Gasteiger partial charge in [0, 0.05) is 61.3 Å². The van der Waals surface area contributed by atoms with Crippen LogP contribution in [0.3, 0.4) is 0 Å². The number of halogens is 3. The molecule has 0 spiro atoms. The maximum Gasteiger partial charge on any atom is 0.409 e. The molecule has 2 heterocycles. The molecule has 0 N–H and O–H groups in total. The summed E-state index contributed by atoms with van der Waals surface area (Å²) in [4.78, 5) is 31.3. The molecule has 9 heteroatoms. The van der Waals surface area contributed by atoms with Crippen molar-refractivity contribution in [3.05, 3.63) is 70.8 Å². The number of amides is 2. The van der Waals surface area contributed by atoms with E-state index in [4.69, 9.17) is 16.3 Å². The number of carbonyl (C=O) groups excluding carboxylic acids is 2. The smallest absolute Gasteiger partial charge is 0.409 e. The second kappa shape index (κ2) is 12.9. The van der Waals surface area contributed by atoms with Crippen molar-refractivity contribution in [3.8, 4) is 0 Å². The molecule has 2 aromatic rings. The zero-order valence-electron chi connectivity index (χ0n) is 22.8. The largest absolute Gasteiger partial charge is 0.453 e. The van der Waals surface area contributed by atoms with E-state index in [2.05, 4.69) is 25.7 Å². The number of carbonyl (C=O) groups is 2. The van der Waals surface area contributed by atoms with Crippen LogP contribution in [0.5, 0.6) is 0 Å². The first-order chi connectivity index (χ1) is 17.9. The van der Waals surface area contributed by atoms with Gasteiger partial charge in [-0.15, -0.1) is 0 Å². The Kier molecular flexibility index (Phi) is 10.1. The van der Waals surface area contributed by atoms with Crippen LogP contribution in [0.2, 0.25) is 5.02 Å². The predicted molar refractivity (Wildman–Crippen MR) is 145 cm³/mol. The van der Waals surface area contributed by atoms with E-state index < -0.39 is 23.6 Å². The standard InChI is InChI=1S/C23H33F2N3O3.C6H5Cl/c1-15-8-9-26(10-11-28(15)22(30)31-5)21(29)19-14-27(23(2,3)4)13-18(19)17-7-6-16(24)12-20(17)25;7-6-4-2-1-3-5-6/h6-7,12,15,18-19H,8-11,13-14H2,1-5H3;1-5H/t15?,18-,19+;/m0./s1. The fourth-order valence-electron chi connectivity index (χ4n) is 5.04. The summed E-state index contributed by atoms with van der Waals surface area (Å²) in [6.07, 6.45) is 0.249. The van der Waals surface area contributed by atoms with E-state index in [1.54, 1.807) is 9.80 Å². The van der Waals surface area contributed by atoms with Crippen LogP contribution in [0.25, 0.3) is 0 Å². The van der Waals surface area contributed by atoms with Crippen molar-refractivity contribution in [2.75, 3.05) is 39.8 Å². The molecule has 4 rings (SSSR count). The van der Waals surface area contributed by atoms with Gasteiger partial charge in [-0.2, -0.15) is 0 Å². The van der Waals surface area contributed by atoms with Crippen molar-refractivity contribution >= 4 is 23.6 Å². The molecule has 3 atom stereocenters. The Bertz CT molecular complexity index is 1100. The number of hydrogen-bond donors (Lipinski definition) is 0. The van der Waals surface area contributed by atoms with Gasteiger partial charge in [0.15, 0.2) is 0 Å². The van der Waals surface area contributed by atoms with Gasteiger partial charge in [0.1, 0.15) is 11.6 Å². The number of methoxy groups -OCH3 is 1. The summed E-state index contributed by atoms with van der Waals surface area (Å²) in [6, 6.07) is 13.0. The third kappa shape index (κ3) is 7.44. The second-order valence-corrected chi connectivity index (χ2v) is 11.3. The van der Waals surface area contributed by atoms with Crippen molar-refractivity contribution in [3.63, 3.8) is 0 Å². The van der Waals surface area contributed by atoms with E-state index in [1.165, 1.54) is 19.2 Å². The molecule has 0 aliphatic carbocycles. The Morgan fingerprint density at radius 2 is 1.68 bits per heavy atom. The summed E-state index contributed by atoms with van der Waals surface area (Å²) in [5.41, 5.74) is 0.199. The lowest BCUT2D eigenvalue weighted by Crippen LogP contribution is -2.43. The maximum absolute atomic E-state index is 14.7. The average molecular weight is 550 g/mol. The molecule has 1 unspecified atom stereocenters. The van der Waals surface area contributed by atoms with Gasteiger partial charge in [-0.05, 0) is 57.9 Å². The molecule has 2 saturated heterocycles. The SMILES string of the molecule is COC(=O)N1CCN(C(=O)[C@@H]2CN(C(C)(C)C)C[C@H]2c2ccc(F)cc2F)CCC1C.Clc1ccccc1. The van der Waals surface area contributed by atoms with Crippen LogP contribution < -0.4 is 0 Å². The van der Waals surface area contributed by atoms with E-state index in [9.17, 15) is 18.4 Å². The number of nitrogens with zero attached hydrogens (tertiary/aromatic N) is 3. The van der Waals surface area contributed by atoms with Gasteiger partial charge in [-0.3, -0.25) is 9.69 Å². The van der Waals surface area contributed by atoms with Gasteiger partial charge in [0.05, 0.1) is 13.0 Å². The fraction of sp³-hybridized carbons (Fsp3) is 0.517. The first-order valence-electron chi connectivity index (χ1n) is 13.0. The molecule has 0 radical (unpaired) electrons. The van der Waals surface area contributed by atoms with Crippen LogP contribution in [-0.4, -0.2) is 78.1 Å². The topological polar surface area (TPSA) is 53.1 Å². The highest BCUT2D eigenvalue weighted by molar-refractivity contribution is 6.30. The van der Waals surface area contributed by atoms with Crippen LogP contribution in [0.4, 0.5) is 13.6 Å². The molecular formula is C29H38ClF2N3O3. The van der Waals surface area contributed by atoms with Gasteiger partial charge in [-0.25, -0.2) is 13.6 Å². The molecule has 38 heavy (non-hydrogen) atoms. The molecule has 2 aliphatic heterocycles. The average Bonchev–Trinajstić information content (AvgIpc) is 3.22. The Balaban J connectivity index is 0.000000494. The zero-order valence-corrected chi connectivity index (χ0v) is 23.5. The minimum Gasteiger partial charge on any atom is -0.453 e. The molecule has 2 aromatic carbocycles. The molecule has 0 bridgehead atoms. The summed E-state index contributed by atoms with van der Waals surface area (Å²) < 4.78 is 33.0. The van der Waals surface area contributed by atoms with Crippen LogP contribution in [0, 0.1) is 17.6 Å². The Labute approximate surface area is 229 Å². The normalized spacial score (nSPS) is 22.4. The van der Waals surface area contributed by atoms with E-state index in [0.717, 1.165) is 11.1 Å². The molecule has 2 amide bonds. The third-order valence-corrected chi connectivity index (χ3v) is 7.61. The van der Waals surface area contributed by atoms with Crippen molar-refractivity contribution in [2.45, 2.75) is 51.6 Å². The summed E-state index contributed by atoms with van der Waals surface area (Å²) >= 11 is 5.54. The number of rotatable bonds is 2. The van der Waals surface area contributed by atoms with E-state index >= 15 is 0 Å². The molecule has 208 valence electrons. The van der Waals surface area contributed by atoms with Crippen LogP contribution >= 0.6 is 11.6 Å². The maximum atomic E-state index is 14.7. The van der Waals surface area contributed by atoms with Crippen molar-refractivity contribution in [1.82, 2.24) is 14.7 Å². The zero-order chi connectivity index (χ0) is 28.0. The highest BCUT2D eigenvalue weighted by Crippen LogP contribution is 2.38. The fourth-order valence-corrected chi connectivity index (χ4v) is 5.18. The van der Waals surface area contributed by atoms with Gasteiger partial charge in [-0.1, -0.05) is 35.9 Å². The van der Waals surface area contributed by atoms with Crippen LogP contribution in [-0.2, 0) is 9.53 Å². The first kappa shape index (κ1) is 29.8. The summed E-state index contributed by atoms with van der Waals surface area (Å²) in [7, 11) is 1.35. The Morgan fingerprint density at radius 1 is 1.00 bits per heavy atom. The molecule has 0 saturated carbocycles. The van der Waals surface area contributed by atoms with Crippen molar-refractivity contribution < 1.29 is 23.1 Å². The van der Waals surface area contributed by atoms with Gasteiger partial charge >= 0.3 is 6.09 Å². The van der Waals surface area contributed by atoms with Crippen molar-refractivity contribution in [1.29, 1.82) is 0 Å². The molecule has 2 fully saturated rings.